The number of ether oxygens (including phenoxy) is 2. The van der Waals surface area contributed by atoms with Crippen LogP contribution in [0.15, 0.2) is 71.6 Å². The third-order valence-corrected chi connectivity index (χ3v) is 11.2. The van der Waals surface area contributed by atoms with Crippen LogP contribution in [0.3, 0.4) is 0 Å². The number of benzene rings is 3. The molecule has 10 nitrogen and oxygen atoms in total. The first kappa shape index (κ1) is 29.0. The zero-order chi connectivity index (χ0) is 30.4. The van der Waals surface area contributed by atoms with Gasteiger partial charge in [0, 0.05) is 17.8 Å². The second kappa shape index (κ2) is 11.2. The highest BCUT2D eigenvalue weighted by Gasteiger charge is 2.51. The van der Waals surface area contributed by atoms with Gasteiger partial charge in [-0.1, -0.05) is 24.3 Å². The number of carbonyl (C=O) groups excluding carboxylic acids is 1. The van der Waals surface area contributed by atoms with E-state index in [1.165, 1.54) is 88.6 Å². The SMILES string of the molecule is COc1ccc(N(CC(=O)Nc2ccc(C34CC5CC(CC(C5)C3)C4)cc2)S(=O)(=O)c2ccccc2[N+](=O)[O-])c(OC)c1. The van der Waals surface area contributed by atoms with Crippen molar-refractivity contribution in [2.45, 2.75) is 48.8 Å². The molecular weight excluding hydrogens is 570 g/mol. The van der Waals surface area contributed by atoms with E-state index in [9.17, 15) is 23.3 Å². The van der Waals surface area contributed by atoms with Crippen molar-refractivity contribution in [1.29, 1.82) is 0 Å². The molecule has 43 heavy (non-hydrogen) atoms. The zero-order valence-electron chi connectivity index (χ0n) is 24.2. The van der Waals surface area contributed by atoms with Gasteiger partial charge in [0.25, 0.3) is 15.7 Å². The predicted octanol–water partition coefficient (Wildman–Crippen LogP) is 5.91. The van der Waals surface area contributed by atoms with E-state index >= 15 is 0 Å². The molecule has 7 rings (SSSR count). The van der Waals surface area contributed by atoms with Crippen molar-refractivity contribution in [3.63, 3.8) is 0 Å². The molecule has 0 radical (unpaired) electrons. The Hall–Kier alpha value is -4.12. The molecule has 1 amide bonds. The molecule has 0 unspecified atom stereocenters. The lowest BCUT2D eigenvalue weighted by Crippen LogP contribution is -2.48. The number of rotatable bonds is 10. The van der Waals surface area contributed by atoms with Crippen molar-refractivity contribution >= 4 is 33.0 Å². The summed E-state index contributed by atoms with van der Waals surface area (Å²) in [7, 11) is -1.77. The summed E-state index contributed by atoms with van der Waals surface area (Å²) in [4.78, 5) is 23.8. The molecule has 0 aromatic heterocycles. The van der Waals surface area contributed by atoms with E-state index in [1.54, 1.807) is 0 Å². The van der Waals surface area contributed by atoms with Crippen LogP contribution in [0.25, 0.3) is 0 Å². The molecule has 0 heterocycles. The number of carbonyl (C=O) groups is 1. The average molecular weight is 606 g/mol. The number of anilines is 2. The van der Waals surface area contributed by atoms with Gasteiger partial charge < -0.3 is 14.8 Å². The maximum atomic E-state index is 14.0. The van der Waals surface area contributed by atoms with E-state index in [0.29, 0.717) is 11.4 Å². The second-order valence-corrected chi connectivity index (χ2v) is 13.9. The van der Waals surface area contributed by atoms with Crippen molar-refractivity contribution in [1.82, 2.24) is 0 Å². The topological polar surface area (TPSA) is 128 Å². The Bertz CT molecular complexity index is 1620. The van der Waals surface area contributed by atoms with Gasteiger partial charge >= 0.3 is 0 Å². The smallest absolute Gasteiger partial charge is 0.289 e. The van der Waals surface area contributed by atoms with E-state index in [2.05, 4.69) is 17.4 Å². The first-order chi connectivity index (χ1) is 20.6. The van der Waals surface area contributed by atoms with Gasteiger partial charge in [0.1, 0.15) is 18.0 Å². The highest BCUT2D eigenvalue weighted by Crippen LogP contribution is 2.60. The summed E-state index contributed by atoms with van der Waals surface area (Å²) in [6, 6.07) is 17.4. The van der Waals surface area contributed by atoms with Gasteiger partial charge in [0.2, 0.25) is 5.91 Å². The minimum atomic E-state index is -4.59. The third-order valence-electron chi connectivity index (χ3n) is 9.39. The van der Waals surface area contributed by atoms with Crippen LogP contribution >= 0.6 is 0 Å². The minimum Gasteiger partial charge on any atom is -0.497 e. The summed E-state index contributed by atoms with van der Waals surface area (Å²) in [5.74, 6) is 2.36. The summed E-state index contributed by atoms with van der Waals surface area (Å²) < 4.78 is 39.5. The number of para-hydroxylation sites is 1. The fraction of sp³-hybridized carbons (Fsp3) is 0.406. The summed E-state index contributed by atoms with van der Waals surface area (Å²) in [6.07, 6.45) is 7.76. The third kappa shape index (κ3) is 5.42. The van der Waals surface area contributed by atoms with Crippen LogP contribution in [-0.2, 0) is 20.2 Å². The molecule has 226 valence electrons. The Labute approximate surface area is 251 Å². The van der Waals surface area contributed by atoms with Gasteiger partial charge in [0.15, 0.2) is 4.90 Å². The molecule has 0 spiro atoms. The Morgan fingerprint density at radius 1 is 0.953 bits per heavy atom. The number of nitrogens with zero attached hydrogens (tertiary/aromatic N) is 2. The number of methoxy groups -OCH3 is 2. The molecule has 3 aromatic carbocycles. The minimum absolute atomic E-state index is 0.0359. The number of nitro groups is 1. The summed E-state index contributed by atoms with van der Waals surface area (Å²) in [6.45, 7) is -0.645. The highest BCUT2D eigenvalue weighted by atomic mass is 32.2. The molecule has 4 saturated carbocycles. The molecule has 4 aliphatic carbocycles. The number of nitrogens with one attached hydrogen (secondary N) is 1. The second-order valence-electron chi connectivity index (χ2n) is 12.1. The predicted molar refractivity (Wildman–Crippen MR) is 162 cm³/mol. The van der Waals surface area contributed by atoms with Crippen LogP contribution in [0.2, 0.25) is 0 Å². The van der Waals surface area contributed by atoms with Crippen LogP contribution in [0, 0.1) is 27.9 Å². The summed E-state index contributed by atoms with van der Waals surface area (Å²) in [5, 5.41) is 14.5. The van der Waals surface area contributed by atoms with Crippen molar-refractivity contribution < 1.29 is 27.6 Å². The molecule has 3 aromatic rings. The van der Waals surface area contributed by atoms with Gasteiger partial charge in [-0.2, -0.15) is 0 Å². The first-order valence-electron chi connectivity index (χ1n) is 14.5. The van der Waals surface area contributed by atoms with Crippen molar-refractivity contribution in [2.24, 2.45) is 17.8 Å². The van der Waals surface area contributed by atoms with Crippen LogP contribution in [-0.4, -0.2) is 40.0 Å². The Morgan fingerprint density at radius 3 is 2.16 bits per heavy atom. The molecule has 11 heteroatoms. The lowest BCUT2D eigenvalue weighted by atomic mass is 9.48. The number of sulfonamides is 1. The van der Waals surface area contributed by atoms with Gasteiger partial charge in [-0.25, -0.2) is 8.42 Å². The average Bonchev–Trinajstić information content (AvgIpc) is 2.99. The zero-order valence-corrected chi connectivity index (χ0v) is 25.0. The molecule has 4 aliphatic rings. The highest BCUT2D eigenvalue weighted by molar-refractivity contribution is 7.93. The van der Waals surface area contributed by atoms with Gasteiger partial charge in [-0.15, -0.1) is 0 Å². The van der Waals surface area contributed by atoms with Crippen molar-refractivity contribution in [3.05, 3.63) is 82.4 Å². The monoisotopic (exact) mass is 605 g/mol. The molecule has 4 bridgehead atoms. The molecule has 0 aliphatic heterocycles. The molecule has 0 saturated heterocycles. The normalized spacial score (nSPS) is 23.9. The van der Waals surface area contributed by atoms with Crippen molar-refractivity contribution in [3.8, 4) is 11.5 Å². The van der Waals surface area contributed by atoms with E-state index in [0.717, 1.165) is 34.2 Å². The summed E-state index contributed by atoms with van der Waals surface area (Å²) in [5.41, 5.74) is 1.52. The van der Waals surface area contributed by atoms with E-state index < -0.39 is 38.0 Å². The lowest BCUT2D eigenvalue weighted by Gasteiger charge is -2.57. The Kier molecular flexibility index (Phi) is 7.53. The van der Waals surface area contributed by atoms with Gasteiger partial charge in [-0.05, 0) is 97.6 Å². The quantitative estimate of drug-likeness (QED) is 0.225. The van der Waals surface area contributed by atoms with Crippen molar-refractivity contribution in [2.75, 3.05) is 30.4 Å². The van der Waals surface area contributed by atoms with E-state index in [-0.39, 0.29) is 16.9 Å². The van der Waals surface area contributed by atoms with Crippen LogP contribution in [0.4, 0.5) is 17.1 Å². The van der Waals surface area contributed by atoms with Gasteiger partial charge in [0.05, 0.1) is 24.8 Å². The molecule has 1 N–H and O–H groups in total. The maximum absolute atomic E-state index is 14.0. The fourth-order valence-corrected chi connectivity index (χ4v) is 9.53. The number of nitro benzene ring substituents is 1. The standard InChI is InChI=1S/C32H35N3O7S/c1-41-26-11-12-27(29(16-26)42-2)34(43(39,40)30-6-4-3-5-28(30)35(37)38)20-31(36)33-25-9-7-24(8-10-25)32-17-21-13-22(18-32)15-23(14-21)19-32/h3-12,16,21-23H,13-15,17-20H2,1-2H3,(H,33,36). The Balaban J connectivity index is 1.28. The number of amides is 1. The number of hydrogen-bond donors (Lipinski definition) is 1. The maximum Gasteiger partial charge on any atom is 0.289 e. The lowest BCUT2D eigenvalue weighted by molar-refractivity contribution is -0.387. The van der Waals surface area contributed by atoms with E-state index in [4.69, 9.17) is 9.47 Å². The van der Waals surface area contributed by atoms with Gasteiger partial charge in [-0.3, -0.25) is 19.2 Å². The van der Waals surface area contributed by atoms with E-state index in [1.807, 2.05) is 12.1 Å². The molecular formula is C32H35N3O7S. The van der Waals surface area contributed by atoms with Crippen LogP contribution in [0.1, 0.15) is 44.1 Å². The Morgan fingerprint density at radius 2 is 1.58 bits per heavy atom. The number of hydrogen-bond acceptors (Lipinski definition) is 7. The largest absolute Gasteiger partial charge is 0.497 e. The first-order valence-corrected chi connectivity index (χ1v) is 15.9. The fourth-order valence-electron chi connectivity index (χ4n) is 7.94. The van der Waals surface area contributed by atoms with Crippen LogP contribution in [0.5, 0.6) is 11.5 Å². The van der Waals surface area contributed by atoms with Crippen LogP contribution < -0.4 is 19.1 Å². The summed E-state index contributed by atoms with van der Waals surface area (Å²) >= 11 is 0. The molecule has 0 atom stereocenters. The molecule has 4 fully saturated rings.